The average Bonchev–Trinajstić information content (AvgIpc) is 3.53. The monoisotopic (exact) mass is 431 g/mol. The first-order chi connectivity index (χ1) is 15.4. The fourth-order valence-electron chi connectivity index (χ4n) is 5.10. The summed E-state index contributed by atoms with van der Waals surface area (Å²) in [6, 6.07) is 19.7. The van der Waals surface area contributed by atoms with Gasteiger partial charge in [0.05, 0.1) is 5.52 Å². The highest BCUT2D eigenvalue weighted by Crippen LogP contribution is 2.50. The van der Waals surface area contributed by atoms with Gasteiger partial charge in [-0.3, -0.25) is 9.38 Å². The first-order valence-corrected chi connectivity index (χ1v) is 11.8. The van der Waals surface area contributed by atoms with Gasteiger partial charge < -0.3 is 0 Å². The molecule has 0 bridgehead atoms. The summed E-state index contributed by atoms with van der Waals surface area (Å²) in [5, 5.41) is 8.97. The molecular weight excluding hydrogens is 418 g/mol. The largest absolute Gasteiger partial charge is 0.298 e. The van der Waals surface area contributed by atoms with Gasteiger partial charge in [-0.1, -0.05) is 36.4 Å². The van der Waals surface area contributed by atoms with E-state index in [0.29, 0.717) is 0 Å². The van der Waals surface area contributed by atoms with Crippen LogP contribution < -0.4 is 0 Å². The number of hydrogen-bond donors (Lipinski definition) is 0. The molecule has 0 fully saturated rings. The van der Waals surface area contributed by atoms with Crippen molar-refractivity contribution in [3.05, 3.63) is 79.4 Å². The molecule has 0 saturated heterocycles. The Morgan fingerprint density at radius 2 is 1.32 bits per heavy atom. The molecule has 144 valence electrons. The molecule has 8 rings (SSSR count). The Balaban J connectivity index is 1.88. The van der Waals surface area contributed by atoms with Crippen LogP contribution in [0.5, 0.6) is 0 Å². The topological polar surface area (TPSA) is 30.2 Å². The zero-order valence-corrected chi connectivity index (χ0v) is 17.8. The van der Waals surface area contributed by atoms with Gasteiger partial charge in [0.2, 0.25) is 0 Å². The molecule has 3 aromatic carbocycles. The minimum atomic E-state index is 0.965. The van der Waals surface area contributed by atoms with Crippen LogP contribution in [0.2, 0.25) is 0 Å². The number of benzene rings is 3. The lowest BCUT2D eigenvalue weighted by atomic mass is 10.00. The molecule has 31 heavy (non-hydrogen) atoms. The molecular formula is C26H13N3S2. The van der Waals surface area contributed by atoms with Crippen LogP contribution >= 0.6 is 22.7 Å². The van der Waals surface area contributed by atoms with Gasteiger partial charge in [-0.2, -0.15) is 0 Å². The number of pyridine rings is 2. The van der Waals surface area contributed by atoms with Crippen molar-refractivity contribution >= 4 is 90.3 Å². The number of nitrogens with zero attached hydrogens (tertiary/aromatic N) is 3. The highest BCUT2D eigenvalue weighted by Gasteiger charge is 2.22. The average molecular weight is 432 g/mol. The summed E-state index contributed by atoms with van der Waals surface area (Å²) in [5.41, 5.74) is 2.21. The molecule has 5 heterocycles. The fraction of sp³-hybridized carbons (Fsp3) is 0. The number of rotatable bonds is 0. The molecule has 0 spiro atoms. The van der Waals surface area contributed by atoms with Crippen molar-refractivity contribution in [2.45, 2.75) is 0 Å². The van der Waals surface area contributed by atoms with Crippen LogP contribution in [0.1, 0.15) is 0 Å². The Bertz CT molecular complexity index is 2010. The van der Waals surface area contributed by atoms with E-state index in [-0.39, 0.29) is 0 Å². The van der Waals surface area contributed by atoms with E-state index in [2.05, 4.69) is 70.2 Å². The van der Waals surface area contributed by atoms with E-state index in [1.165, 1.54) is 56.6 Å². The van der Waals surface area contributed by atoms with E-state index >= 15 is 0 Å². The normalized spacial score (nSPS) is 12.5. The molecule has 0 amide bonds. The maximum Gasteiger partial charge on any atom is 0.146 e. The highest BCUT2D eigenvalue weighted by molar-refractivity contribution is 7.30. The Hall–Kier alpha value is -3.54. The van der Waals surface area contributed by atoms with Crippen LogP contribution in [-0.4, -0.2) is 14.4 Å². The van der Waals surface area contributed by atoms with Crippen LogP contribution in [0, 0.1) is 0 Å². The molecule has 0 atom stereocenters. The summed E-state index contributed by atoms with van der Waals surface area (Å²) < 4.78 is 7.64. The zero-order valence-electron chi connectivity index (χ0n) is 16.2. The van der Waals surface area contributed by atoms with Gasteiger partial charge in [0, 0.05) is 75.9 Å². The third-order valence-electron chi connectivity index (χ3n) is 6.33. The Morgan fingerprint density at radius 3 is 2.10 bits per heavy atom. The summed E-state index contributed by atoms with van der Waals surface area (Å²) in [4.78, 5) is 9.15. The minimum Gasteiger partial charge on any atom is -0.298 e. The molecule has 0 aliphatic carbocycles. The van der Waals surface area contributed by atoms with Crippen molar-refractivity contribution in [2.24, 2.45) is 0 Å². The first kappa shape index (κ1) is 16.2. The molecule has 0 N–H and O–H groups in total. The molecule has 5 heteroatoms. The molecule has 5 aromatic heterocycles. The van der Waals surface area contributed by atoms with Crippen LogP contribution in [0.4, 0.5) is 0 Å². The molecule has 8 aromatic rings. The van der Waals surface area contributed by atoms with Gasteiger partial charge in [0.1, 0.15) is 5.65 Å². The second-order valence-corrected chi connectivity index (χ2v) is 9.97. The van der Waals surface area contributed by atoms with Crippen molar-refractivity contribution in [3.63, 3.8) is 0 Å². The zero-order chi connectivity index (χ0) is 20.1. The number of hydrogen-bond acceptors (Lipinski definition) is 4. The van der Waals surface area contributed by atoms with E-state index in [0.717, 1.165) is 11.0 Å². The van der Waals surface area contributed by atoms with Gasteiger partial charge >= 0.3 is 0 Å². The SMILES string of the molecule is c1ccc2c(c1)sc1c2c2sc3ccccc3c2c2c1c1ccncc1c1nccn12. The van der Waals surface area contributed by atoms with Crippen LogP contribution in [-0.2, 0) is 0 Å². The standard InChI is InChI=1S/C26H13N3S2/c1-3-7-18-15(5-1)21-23-20(14-9-10-27-13-17(14)26-28-11-12-29(23)26)24-22(25(21)30-18)16-6-2-4-8-19(16)31-24/h1-13H. The van der Waals surface area contributed by atoms with E-state index < -0.39 is 0 Å². The smallest absolute Gasteiger partial charge is 0.146 e. The summed E-state index contributed by atoms with van der Waals surface area (Å²) in [7, 11) is 0. The maximum absolute atomic E-state index is 4.72. The summed E-state index contributed by atoms with van der Waals surface area (Å²) in [6.45, 7) is 0. The predicted octanol–water partition coefficient (Wildman–Crippen LogP) is 7.77. The molecule has 3 nitrogen and oxygen atoms in total. The lowest BCUT2D eigenvalue weighted by Crippen LogP contribution is -1.92. The Morgan fingerprint density at radius 1 is 0.645 bits per heavy atom. The second-order valence-electron chi connectivity index (χ2n) is 7.87. The molecule has 0 radical (unpaired) electrons. The molecule has 0 aliphatic rings. The Labute approximate surface area is 183 Å². The van der Waals surface area contributed by atoms with Gasteiger partial charge in [-0.05, 0) is 23.6 Å². The van der Waals surface area contributed by atoms with E-state index in [4.69, 9.17) is 4.98 Å². The highest BCUT2D eigenvalue weighted by atomic mass is 32.1. The van der Waals surface area contributed by atoms with Crippen molar-refractivity contribution in [2.75, 3.05) is 0 Å². The minimum absolute atomic E-state index is 0.965. The Kier molecular flexibility index (Phi) is 2.91. The summed E-state index contributed by atoms with van der Waals surface area (Å²) in [6.07, 6.45) is 7.84. The number of thiophene rings is 2. The number of imidazole rings is 1. The molecule has 0 saturated carbocycles. The van der Waals surface area contributed by atoms with E-state index in [1.807, 2.05) is 41.3 Å². The van der Waals surface area contributed by atoms with Crippen LogP contribution in [0.3, 0.4) is 0 Å². The quantitative estimate of drug-likeness (QED) is 0.230. The fourth-order valence-corrected chi connectivity index (χ4v) is 7.70. The van der Waals surface area contributed by atoms with Crippen molar-refractivity contribution < 1.29 is 0 Å². The first-order valence-electron chi connectivity index (χ1n) is 10.2. The number of fused-ring (bicyclic) bond motifs is 15. The second kappa shape index (κ2) is 5.58. The lowest BCUT2D eigenvalue weighted by Gasteiger charge is -2.11. The predicted molar refractivity (Wildman–Crippen MR) is 134 cm³/mol. The summed E-state index contributed by atoms with van der Waals surface area (Å²) >= 11 is 3.80. The third kappa shape index (κ3) is 1.89. The number of aromatic nitrogens is 3. The van der Waals surface area contributed by atoms with Crippen molar-refractivity contribution in [3.8, 4) is 0 Å². The lowest BCUT2D eigenvalue weighted by molar-refractivity contribution is 1.27. The maximum atomic E-state index is 4.72. The van der Waals surface area contributed by atoms with Gasteiger partial charge in [0.15, 0.2) is 0 Å². The van der Waals surface area contributed by atoms with Crippen molar-refractivity contribution in [1.82, 2.24) is 14.4 Å². The molecule has 0 aliphatic heterocycles. The van der Waals surface area contributed by atoms with Crippen LogP contribution in [0.25, 0.3) is 67.7 Å². The van der Waals surface area contributed by atoms with Crippen molar-refractivity contribution in [1.29, 1.82) is 0 Å². The van der Waals surface area contributed by atoms with Gasteiger partial charge in [-0.25, -0.2) is 4.98 Å². The molecule has 0 unspecified atom stereocenters. The van der Waals surface area contributed by atoms with Gasteiger partial charge in [0.25, 0.3) is 0 Å². The van der Waals surface area contributed by atoms with E-state index in [9.17, 15) is 0 Å². The van der Waals surface area contributed by atoms with Crippen LogP contribution in [0.15, 0.2) is 79.4 Å². The van der Waals surface area contributed by atoms with E-state index in [1.54, 1.807) is 0 Å². The van der Waals surface area contributed by atoms with Gasteiger partial charge in [-0.15, -0.1) is 22.7 Å². The summed E-state index contributed by atoms with van der Waals surface area (Å²) in [5.74, 6) is 0. The third-order valence-corrected chi connectivity index (χ3v) is 8.71.